The summed E-state index contributed by atoms with van der Waals surface area (Å²) in [5.74, 6) is 0.686. The van der Waals surface area contributed by atoms with Crippen LogP contribution in [0.2, 0.25) is 0 Å². The molecule has 0 bridgehead atoms. The Kier molecular flexibility index (Phi) is 7.56. The number of nitrogens with one attached hydrogen (secondary N) is 1. The highest BCUT2D eigenvalue weighted by molar-refractivity contribution is 5.74. The van der Waals surface area contributed by atoms with E-state index in [0.29, 0.717) is 12.5 Å². The Hall–Kier alpha value is -1.03. The fourth-order valence-corrected chi connectivity index (χ4v) is 2.55. The Morgan fingerprint density at radius 2 is 1.95 bits per heavy atom. The van der Waals surface area contributed by atoms with Crippen molar-refractivity contribution in [1.82, 2.24) is 15.1 Å². The van der Waals surface area contributed by atoms with Crippen molar-refractivity contribution in [2.24, 2.45) is 5.92 Å². The van der Waals surface area contributed by atoms with Gasteiger partial charge in [-0.25, -0.2) is 4.79 Å². The molecular weight excluding hydrogens is 238 g/mol. The number of carbonyl (C=O) groups excluding carboxylic acids is 1. The summed E-state index contributed by atoms with van der Waals surface area (Å²) in [5.41, 5.74) is 0. The summed E-state index contributed by atoms with van der Waals surface area (Å²) in [6.07, 6.45) is 8.26. The Morgan fingerprint density at radius 3 is 2.53 bits per heavy atom. The molecule has 1 rings (SSSR count). The minimum absolute atomic E-state index is 0.0484. The fraction of sp³-hybridized carbons (Fsp3) is 0.800. The lowest BCUT2D eigenvalue weighted by atomic mass is 9.89. The summed E-state index contributed by atoms with van der Waals surface area (Å²) in [4.78, 5) is 16.2. The predicted octanol–water partition coefficient (Wildman–Crippen LogP) is 2.33. The highest BCUT2D eigenvalue weighted by Crippen LogP contribution is 2.24. The van der Waals surface area contributed by atoms with Crippen LogP contribution in [-0.4, -0.2) is 56.1 Å². The lowest BCUT2D eigenvalue weighted by molar-refractivity contribution is 0.172. The molecule has 1 saturated carbocycles. The third-order valence-corrected chi connectivity index (χ3v) is 3.71. The molecule has 0 radical (unpaired) electrons. The second-order valence-corrected chi connectivity index (χ2v) is 5.73. The van der Waals surface area contributed by atoms with Gasteiger partial charge in [-0.1, -0.05) is 25.3 Å². The molecule has 0 aliphatic heterocycles. The first-order valence-electron chi connectivity index (χ1n) is 7.42. The third-order valence-electron chi connectivity index (χ3n) is 3.71. The van der Waals surface area contributed by atoms with E-state index in [-0.39, 0.29) is 6.03 Å². The molecule has 4 nitrogen and oxygen atoms in total. The Labute approximate surface area is 117 Å². The smallest absolute Gasteiger partial charge is 0.317 e. The van der Waals surface area contributed by atoms with Gasteiger partial charge in [0, 0.05) is 26.2 Å². The second-order valence-electron chi connectivity index (χ2n) is 5.73. The topological polar surface area (TPSA) is 35.6 Å². The van der Waals surface area contributed by atoms with Gasteiger partial charge in [-0.2, -0.15) is 0 Å². The van der Waals surface area contributed by atoms with Gasteiger partial charge in [0.2, 0.25) is 0 Å². The second kappa shape index (κ2) is 8.97. The average molecular weight is 267 g/mol. The number of nitrogens with zero attached hydrogens (tertiary/aromatic N) is 2. The van der Waals surface area contributed by atoms with Gasteiger partial charge >= 0.3 is 6.03 Å². The summed E-state index contributed by atoms with van der Waals surface area (Å²) in [5, 5.41) is 2.90. The van der Waals surface area contributed by atoms with Gasteiger partial charge in [0.25, 0.3) is 0 Å². The van der Waals surface area contributed by atoms with Crippen LogP contribution >= 0.6 is 0 Å². The minimum atomic E-state index is 0.0484. The highest BCUT2D eigenvalue weighted by atomic mass is 16.2. The molecule has 1 aliphatic rings. The predicted molar refractivity (Wildman–Crippen MR) is 80.3 cm³/mol. The van der Waals surface area contributed by atoms with Crippen LogP contribution in [0, 0.1) is 5.92 Å². The molecule has 2 amide bonds. The zero-order chi connectivity index (χ0) is 14.1. The largest absolute Gasteiger partial charge is 0.335 e. The Bertz CT molecular complexity index is 273. The molecule has 0 atom stereocenters. The Balaban J connectivity index is 2.46. The summed E-state index contributed by atoms with van der Waals surface area (Å²) in [6.45, 7) is 6.79. The molecule has 0 aromatic carbocycles. The number of amides is 2. The molecule has 0 unspecified atom stereocenters. The summed E-state index contributed by atoms with van der Waals surface area (Å²) >= 11 is 0. The van der Waals surface area contributed by atoms with E-state index >= 15 is 0 Å². The van der Waals surface area contributed by atoms with Gasteiger partial charge in [0.15, 0.2) is 0 Å². The van der Waals surface area contributed by atoms with E-state index in [2.05, 4.69) is 16.8 Å². The van der Waals surface area contributed by atoms with Crippen molar-refractivity contribution in [2.45, 2.75) is 32.1 Å². The molecule has 19 heavy (non-hydrogen) atoms. The number of rotatable bonds is 7. The molecule has 0 aromatic heterocycles. The SMILES string of the molecule is C=CCNC(=O)N(CCN(C)C)CC1CCCCC1. The van der Waals surface area contributed by atoms with Crippen LogP contribution in [0.3, 0.4) is 0 Å². The van der Waals surface area contributed by atoms with Crippen LogP contribution in [-0.2, 0) is 0 Å². The summed E-state index contributed by atoms with van der Waals surface area (Å²) in [6, 6.07) is 0.0484. The zero-order valence-electron chi connectivity index (χ0n) is 12.5. The number of carbonyl (C=O) groups is 1. The normalized spacial score (nSPS) is 16.4. The highest BCUT2D eigenvalue weighted by Gasteiger charge is 2.20. The van der Waals surface area contributed by atoms with Crippen molar-refractivity contribution in [3.63, 3.8) is 0 Å². The van der Waals surface area contributed by atoms with Crippen molar-refractivity contribution < 1.29 is 4.79 Å². The van der Waals surface area contributed by atoms with Gasteiger partial charge < -0.3 is 15.1 Å². The number of urea groups is 1. The molecule has 1 aliphatic carbocycles. The zero-order valence-corrected chi connectivity index (χ0v) is 12.5. The van der Waals surface area contributed by atoms with Crippen molar-refractivity contribution in [1.29, 1.82) is 0 Å². The van der Waals surface area contributed by atoms with Crippen molar-refractivity contribution in [3.05, 3.63) is 12.7 Å². The van der Waals surface area contributed by atoms with Gasteiger partial charge in [-0.05, 0) is 32.9 Å². The lowest BCUT2D eigenvalue weighted by Crippen LogP contribution is -2.45. The van der Waals surface area contributed by atoms with Crippen LogP contribution in [0.1, 0.15) is 32.1 Å². The molecule has 0 spiro atoms. The standard InChI is InChI=1S/C15H29N3O/c1-4-10-16-15(19)18(12-11-17(2)3)13-14-8-6-5-7-9-14/h4,14H,1,5-13H2,2-3H3,(H,16,19). The van der Waals surface area contributed by atoms with E-state index in [1.54, 1.807) is 6.08 Å². The van der Waals surface area contributed by atoms with Crippen LogP contribution in [0.4, 0.5) is 4.79 Å². The van der Waals surface area contributed by atoms with Crippen molar-refractivity contribution in [3.8, 4) is 0 Å². The number of likely N-dealkylation sites (N-methyl/N-ethyl adjacent to an activating group) is 1. The monoisotopic (exact) mass is 267 g/mol. The van der Waals surface area contributed by atoms with E-state index in [1.807, 2.05) is 19.0 Å². The van der Waals surface area contributed by atoms with Gasteiger partial charge in [-0.3, -0.25) is 0 Å². The van der Waals surface area contributed by atoms with Crippen LogP contribution in [0.25, 0.3) is 0 Å². The maximum atomic E-state index is 12.1. The maximum Gasteiger partial charge on any atom is 0.317 e. The summed E-state index contributed by atoms with van der Waals surface area (Å²) in [7, 11) is 4.08. The molecule has 110 valence electrons. The van der Waals surface area contributed by atoms with E-state index in [1.165, 1.54) is 32.1 Å². The van der Waals surface area contributed by atoms with Crippen LogP contribution in [0.5, 0.6) is 0 Å². The first-order valence-corrected chi connectivity index (χ1v) is 7.42. The molecule has 1 N–H and O–H groups in total. The molecule has 1 fully saturated rings. The quantitative estimate of drug-likeness (QED) is 0.719. The molecule has 0 aromatic rings. The van der Waals surface area contributed by atoms with E-state index in [9.17, 15) is 4.79 Å². The number of hydrogen-bond acceptors (Lipinski definition) is 2. The third kappa shape index (κ3) is 6.62. The van der Waals surface area contributed by atoms with E-state index < -0.39 is 0 Å². The maximum absolute atomic E-state index is 12.1. The molecule has 0 heterocycles. The van der Waals surface area contributed by atoms with E-state index in [4.69, 9.17) is 0 Å². The van der Waals surface area contributed by atoms with Gasteiger partial charge in [-0.15, -0.1) is 6.58 Å². The first kappa shape index (κ1) is 16.0. The minimum Gasteiger partial charge on any atom is -0.335 e. The van der Waals surface area contributed by atoms with E-state index in [0.717, 1.165) is 19.6 Å². The summed E-state index contributed by atoms with van der Waals surface area (Å²) < 4.78 is 0. The van der Waals surface area contributed by atoms with Crippen molar-refractivity contribution in [2.75, 3.05) is 40.3 Å². The van der Waals surface area contributed by atoms with Gasteiger partial charge in [0.1, 0.15) is 0 Å². The molecule has 4 heteroatoms. The van der Waals surface area contributed by atoms with Gasteiger partial charge in [0.05, 0.1) is 0 Å². The molecular formula is C15H29N3O. The first-order chi connectivity index (χ1) is 9.13. The van der Waals surface area contributed by atoms with Crippen LogP contribution in [0.15, 0.2) is 12.7 Å². The Morgan fingerprint density at radius 1 is 1.26 bits per heavy atom. The molecule has 0 saturated heterocycles. The van der Waals surface area contributed by atoms with Crippen LogP contribution < -0.4 is 5.32 Å². The lowest BCUT2D eigenvalue weighted by Gasteiger charge is -2.30. The average Bonchev–Trinajstić information content (AvgIpc) is 2.41. The fourth-order valence-electron chi connectivity index (χ4n) is 2.55. The number of hydrogen-bond donors (Lipinski definition) is 1. The van der Waals surface area contributed by atoms with Crippen molar-refractivity contribution >= 4 is 6.03 Å².